The topological polar surface area (TPSA) is 41.1 Å². The van der Waals surface area contributed by atoms with Crippen molar-refractivity contribution in [1.29, 1.82) is 0 Å². The first-order valence-electron chi connectivity index (χ1n) is 7.02. The van der Waals surface area contributed by atoms with E-state index in [4.69, 9.17) is 0 Å². The Balaban J connectivity index is 2.20. The van der Waals surface area contributed by atoms with Crippen LogP contribution in [0.15, 0.2) is 18.2 Å². The molecule has 3 nitrogen and oxygen atoms in total. The molecule has 0 aromatic heterocycles. The molecule has 19 heavy (non-hydrogen) atoms. The highest BCUT2D eigenvalue weighted by Gasteiger charge is 2.24. The summed E-state index contributed by atoms with van der Waals surface area (Å²) in [4.78, 5) is 12.4. The first-order valence-corrected chi connectivity index (χ1v) is 7.02. The third-order valence-electron chi connectivity index (χ3n) is 4.03. The number of rotatable bonds is 2. The Labute approximate surface area is 115 Å². The Hall–Kier alpha value is -1.35. The molecule has 104 valence electrons. The second-order valence-corrected chi connectivity index (χ2v) is 6.43. The van der Waals surface area contributed by atoms with Crippen LogP contribution in [-0.2, 0) is 13.0 Å². The van der Waals surface area contributed by atoms with E-state index >= 15 is 0 Å². The van der Waals surface area contributed by atoms with Crippen LogP contribution in [0.4, 0.5) is 0 Å². The molecule has 2 rings (SSSR count). The lowest BCUT2D eigenvalue weighted by atomic mass is 9.87. The molecule has 3 heteroatoms. The minimum absolute atomic E-state index is 0.0566. The monoisotopic (exact) mass is 260 g/mol. The normalized spacial score (nSPS) is 16.6. The number of benzene rings is 1. The molecule has 1 aromatic carbocycles. The fourth-order valence-electron chi connectivity index (χ4n) is 2.24. The number of carbonyl (C=O) groups excluding carboxylic acids is 1. The molecule has 1 aromatic rings. The van der Waals surface area contributed by atoms with Gasteiger partial charge >= 0.3 is 0 Å². The smallest absolute Gasteiger partial charge is 0.251 e. The lowest BCUT2D eigenvalue weighted by molar-refractivity contribution is 0.0909. The molecule has 0 bridgehead atoms. The number of carbonyl (C=O) groups is 1. The largest absolute Gasteiger partial charge is 0.349 e. The highest BCUT2D eigenvalue weighted by atomic mass is 16.1. The molecule has 1 aliphatic rings. The first-order chi connectivity index (χ1) is 8.89. The molecule has 0 radical (unpaired) electrons. The van der Waals surface area contributed by atoms with Crippen LogP contribution in [0, 0.1) is 5.41 Å². The Morgan fingerprint density at radius 3 is 2.79 bits per heavy atom. The van der Waals surface area contributed by atoms with Crippen molar-refractivity contribution in [2.75, 3.05) is 6.54 Å². The van der Waals surface area contributed by atoms with Gasteiger partial charge in [0.2, 0.25) is 0 Å². The van der Waals surface area contributed by atoms with E-state index in [-0.39, 0.29) is 17.4 Å². The van der Waals surface area contributed by atoms with Gasteiger partial charge in [-0.1, -0.05) is 32.9 Å². The molecular weight excluding hydrogens is 236 g/mol. The molecule has 0 saturated carbocycles. The van der Waals surface area contributed by atoms with Gasteiger partial charge in [0, 0.05) is 18.2 Å². The van der Waals surface area contributed by atoms with Crippen LogP contribution in [0.2, 0.25) is 0 Å². The maximum absolute atomic E-state index is 12.4. The van der Waals surface area contributed by atoms with Crippen LogP contribution in [0.5, 0.6) is 0 Å². The summed E-state index contributed by atoms with van der Waals surface area (Å²) in [5.74, 6) is 0.0566. The molecule has 1 amide bonds. The van der Waals surface area contributed by atoms with E-state index in [9.17, 15) is 4.79 Å². The van der Waals surface area contributed by atoms with Crippen LogP contribution in [0.1, 0.15) is 49.2 Å². The van der Waals surface area contributed by atoms with E-state index in [1.807, 2.05) is 12.1 Å². The summed E-state index contributed by atoms with van der Waals surface area (Å²) in [6.45, 7) is 10.3. The standard InChI is InChI=1S/C16H24N2O/c1-11(16(2,3)4)18-15(19)14-7-5-6-12-10-17-9-8-13(12)14/h5-7,11,17H,8-10H2,1-4H3,(H,18,19). The third kappa shape index (κ3) is 3.16. The van der Waals surface area contributed by atoms with Crippen molar-refractivity contribution in [3.05, 3.63) is 34.9 Å². The van der Waals surface area contributed by atoms with Crippen molar-refractivity contribution < 1.29 is 4.79 Å². The lowest BCUT2D eigenvalue weighted by Gasteiger charge is -2.29. The van der Waals surface area contributed by atoms with Gasteiger partial charge in [-0.25, -0.2) is 0 Å². The highest BCUT2D eigenvalue weighted by molar-refractivity contribution is 5.96. The van der Waals surface area contributed by atoms with Gasteiger partial charge < -0.3 is 10.6 Å². The zero-order chi connectivity index (χ0) is 14.0. The van der Waals surface area contributed by atoms with Gasteiger partial charge in [0.1, 0.15) is 0 Å². The van der Waals surface area contributed by atoms with Gasteiger partial charge in [0.05, 0.1) is 0 Å². The summed E-state index contributed by atoms with van der Waals surface area (Å²) in [6, 6.07) is 6.17. The molecular formula is C16H24N2O. The van der Waals surface area contributed by atoms with Gasteiger partial charge in [0.15, 0.2) is 0 Å². The lowest BCUT2D eigenvalue weighted by Crippen LogP contribution is -2.42. The fraction of sp³-hybridized carbons (Fsp3) is 0.562. The molecule has 0 spiro atoms. The molecule has 1 unspecified atom stereocenters. The predicted molar refractivity (Wildman–Crippen MR) is 78.2 cm³/mol. The first kappa shape index (κ1) is 14.1. The summed E-state index contributed by atoms with van der Waals surface area (Å²) < 4.78 is 0. The van der Waals surface area contributed by atoms with Gasteiger partial charge in [-0.2, -0.15) is 0 Å². The van der Waals surface area contributed by atoms with Crippen molar-refractivity contribution >= 4 is 5.91 Å². The third-order valence-corrected chi connectivity index (χ3v) is 4.03. The molecule has 1 heterocycles. The van der Waals surface area contributed by atoms with Crippen molar-refractivity contribution in [3.63, 3.8) is 0 Å². The van der Waals surface area contributed by atoms with E-state index in [2.05, 4.69) is 44.4 Å². The van der Waals surface area contributed by atoms with Gasteiger partial charge in [0.25, 0.3) is 5.91 Å². The summed E-state index contributed by atoms with van der Waals surface area (Å²) in [6.07, 6.45) is 0.933. The second kappa shape index (κ2) is 5.33. The van der Waals surface area contributed by atoms with E-state index in [0.29, 0.717) is 0 Å². The number of hydrogen-bond donors (Lipinski definition) is 2. The maximum Gasteiger partial charge on any atom is 0.251 e. The van der Waals surface area contributed by atoms with E-state index in [0.717, 1.165) is 25.1 Å². The van der Waals surface area contributed by atoms with Gasteiger partial charge in [-0.15, -0.1) is 0 Å². The Kier molecular flexibility index (Phi) is 3.95. The number of nitrogens with one attached hydrogen (secondary N) is 2. The Bertz CT molecular complexity index is 474. The summed E-state index contributed by atoms with van der Waals surface area (Å²) in [7, 11) is 0. The molecule has 1 atom stereocenters. The van der Waals surface area contributed by atoms with Gasteiger partial charge in [-0.3, -0.25) is 4.79 Å². The van der Waals surface area contributed by atoms with Crippen LogP contribution in [0.25, 0.3) is 0 Å². The fourth-order valence-corrected chi connectivity index (χ4v) is 2.24. The molecule has 1 aliphatic heterocycles. The predicted octanol–water partition coefficient (Wildman–Crippen LogP) is 2.50. The minimum atomic E-state index is 0.0566. The van der Waals surface area contributed by atoms with Gasteiger partial charge in [-0.05, 0) is 42.5 Å². The Morgan fingerprint density at radius 2 is 2.11 bits per heavy atom. The summed E-state index contributed by atoms with van der Waals surface area (Å²) in [5.41, 5.74) is 3.38. The van der Waals surface area contributed by atoms with Crippen LogP contribution in [-0.4, -0.2) is 18.5 Å². The van der Waals surface area contributed by atoms with E-state index in [1.165, 1.54) is 11.1 Å². The van der Waals surface area contributed by atoms with E-state index < -0.39 is 0 Å². The maximum atomic E-state index is 12.4. The van der Waals surface area contributed by atoms with Crippen LogP contribution in [0.3, 0.4) is 0 Å². The zero-order valence-corrected chi connectivity index (χ0v) is 12.3. The van der Waals surface area contributed by atoms with E-state index in [1.54, 1.807) is 0 Å². The van der Waals surface area contributed by atoms with Crippen molar-refractivity contribution in [2.24, 2.45) is 5.41 Å². The highest BCUT2D eigenvalue weighted by Crippen LogP contribution is 2.21. The summed E-state index contributed by atoms with van der Waals surface area (Å²) >= 11 is 0. The SMILES string of the molecule is CC(NC(=O)c1cccc2c1CCNC2)C(C)(C)C. The average Bonchev–Trinajstić information content (AvgIpc) is 2.36. The van der Waals surface area contributed by atoms with Crippen LogP contribution < -0.4 is 10.6 Å². The van der Waals surface area contributed by atoms with Crippen molar-refractivity contribution in [2.45, 2.75) is 46.7 Å². The van der Waals surface area contributed by atoms with Crippen LogP contribution >= 0.6 is 0 Å². The molecule has 2 N–H and O–H groups in total. The second-order valence-electron chi connectivity index (χ2n) is 6.43. The number of amides is 1. The Morgan fingerprint density at radius 1 is 1.37 bits per heavy atom. The molecule has 0 fully saturated rings. The number of fused-ring (bicyclic) bond motifs is 1. The zero-order valence-electron chi connectivity index (χ0n) is 12.3. The van der Waals surface area contributed by atoms with Crippen molar-refractivity contribution in [1.82, 2.24) is 10.6 Å². The molecule has 0 saturated heterocycles. The quantitative estimate of drug-likeness (QED) is 0.858. The molecule has 0 aliphatic carbocycles. The summed E-state index contributed by atoms with van der Waals surface area (Å²) in [5, 5.41) is 6.47. The average molecular weight is 260 g/mol. The number of hydrogen-bond acceptors (Lipinski definition) is 2. The van der Waals surface area contributed by atoms with Crippen molar-refractivity contribution in [3.8, 4) is 0 Å². The minimum Gasteiger partial charge on any atom is -0.349 e.